The molecular formula is C18H33NO. The van der Waals surface area contributed by atoms with E-state index < -0.39 is 0 Å². The monoisotopic (exact) mass is 279 g/mol. The van der Waals surface area contributed by atoms with Gasteiger partial charge in [-0.2, -0.15) is 0 Å². The van der Waals surface area contributed by atoms with E-state index in [-0.39, 0.29) is 11.8 Å². The molecule has 2 nitrogen and oxygen atoms in total. The molecule has 20 heavy (non-hydrogen) atoms. The molecule has 0 aliphatic heterocycles. The molecule has 2 heteroatoms. The predicted molar refractivity (Wildman–Crippen MR) is 86.6 cm³/mol. The van der Waals surface area contributed by atoms with Gasteiger partial charge in [0.25, 0.3) is 0 Å². The van der Waals surface area contributed by atoms with Gasteiger partial charge in [0, 0.05) is 20.0 Å². The Morgan fingerprint density at radius 1 is 1.15 bits per heavy atom. The van der Waals surface area contributed by atoms with Crippen molar-refractivity contribution in [2.45, 2.75) is 65.2 Å². The molecule has 0 aromatic carbocycles. The van der Waals surface area contributed by atoms with E-state index in [0.717, 1.165) is 12.3 Å². The zero-order valence-corrected chi connectivity index (χ0v) is 13.9. The van der Waals surface area contributed by atoms with Crippen molar-refractivity contribution >= 4 is 5.91 Å². The van der Waals surface area contributed by atoms with Gasteiger partial charge in [-0.25, -0.2) is 0 Å². The summed E-state index contributed by atoms with van der Waals surface area (Å²) in [5.74, 6) is 1.76. The average molecular weight is 279 g/mol. The lowest BCUT2D eigenvalue weighted by Gasteiger charge is -2.22. The van der Waals surface area contributed by atoms with E-state index in [1.165, 1.54) is 44.9 Å². The molecule has 1 aliphatic rings. The fourth-order valence-electron chi connectivity index (χ4n) is 3.16. The molecule has 0 bridgehead atoms. The van der Waals surface area contributed by atoms with E-state index >= 15 is 0 Å². The van der Waals surface area contributed by atoms with Crippen LogP contribution >= 0.6 is 0 Å². The van der Waals surface area contributed by atoms with E-state index in [0.29, 0.717) is 5.92 Å². The van der Waals surface area contributed by atoms with Crippen molar-refractivity contribution in [1.29, 1.82) is 0 Å². The Labute approximate surface area is 125 Å². The van der Waals surface area contributed by atoms with Crippen molar-refractivity contribution in [3.05, 3.63) is 12.2 Å². The van der Waals surface area contributed by atoms with Crippen LogP contribution in [-0.2, 0) is 4.79 Å². The Morgan fingerprint density at radius 3 is 2.35 bits per heavy atom. The summed E-state index contributed by atoms with van der Waals surface area (Å²) in [5, 5.41) is 0. The summed E-state index contributed by atoms with van der Waals surface area (Å²) in [6, 6.07) is 0. The van der Waals surface area contributed by atoms with Gasteiger partial charge in [0.1, 0.15) is 0 Å². The Balaban J connectivity index is 2.28. The largest absolute Gasteiger partial charge is 0.349 e. The molecule has 116 valence electrons. The van der Waals surface area contributed by atoms with Crippen molar-refractivity contribution in [3.8, 4) is 0 Å². The average Bonchev–Trinajstić information content (AvgIpc) is 2.42. The van der Waals surface area contributed by atoms with Crippen LogP contribution < -0.4 is 0 Å². The summed E-state index contributed by atoms with van der Waals surface area (Å²) in [6.45, 7) is 4.28. The van der Waals surface area contributed by atoms with Crippen LogP contribution in [0.1, 0.15) is 65.2 Å². The SMILES string of the molecule is CC(C)C(C/C=C/CCC1CCCCC1)C(=O)N(C)C. The highest BCUT2D eigenvalue weighted by Gasteiger charge is 2.22. The standard InChI is InChI=1S/C18H33NO/c1-15(2)17(18(20)19(3)4)14-10-6-9-13-16-11-7-5-8-12-16/h6,10,15-17H,5,7-9,11-14H2,1-4H3/b10-6+. The summed E-state index contributed by atoms with van der Waals surface area (Å²) < 4.78 is 0. The maximum atomic E-state index is 12.1. The van der Waals surface area contributed by atoms with E-state index in [2.05, 4.69) is 26.0 Å². The molecule has 0 heterocycles. The number of hydrogen-bond acceptors (Lipinski definition) is 1. The molecule has 0 aromatic rings. The van der Waals surface area contributed by atoms with Crippen molar-refractivity contribution in [2.24, 2.45) is 17.8 Å². The van der Waals surface area contributed by atoms with Gasteiger partial charge in [-0.3, -0.25) is 4.79 Å². The molecule has 0 aromatic heterocycles. The summed E-state index contributed by atoms with van der Waals surface area (Å²) >= 11 is 0. The van der Waals surface area contributed by atoms with Crippen molar-refractivity contribution in [2.75, 3.05) is 14.1 Å². The minimum Gasteiger partial charge on any atom is -0.349 e. The summed E-state index contributed by atoms with van der Waals surface area (Å²) in [4.78, 5) is 13.8. The van der Waals surface area contributed by atoms with Crippen molar-refractivity contribution < 1.29 is 4.79 Å². The lowest BCUT2D eigenvalue weighted by atomic mass is 9.86. The third-order valence-corrected chi connectivity index (χ3v) is 4.59. The molecule has 0 saturated heterocycles. The van der Waals surface area contributed by atoms with Gasteiger partial charge in [0.2, 0.25) is 5.91 Å². The van der Waals surface area contributed by atoms with E-state index in [1.807, 2.05) is 14.1 Å². The first-order valence-corrected chi connectivity index (χ1v) is 8.38. The van der Waals surface area contributed by atoms with Crippen LogP contribution in [0.4, 0.5) is 0 Å². The zero-order chi connectivity index (χ0) is 15.0. The fourth-order valence-corrected chi connectivity index (χ4v) is 3.16. The number of rotatable bonds is 7. The smallest absolute Gasteiger partial charge is 0.225 e. The lowest BCUT2D eigenvalue weighted by Crippen LogP contribution is -2.32. The van der Waals surface area contributed by atoms with Gasteiger partial charge in [0.05, 0.1) is 0 Å². The minimum absolute atomic E-state index is 0.135. The Kier molecular flexibility index (Phi) is 7.94. The Morgan fingerprint density at radius 2 is 1.80 bits per heavy atom. The van der Waals surface area contributed by atoms with E-state index in [4.69, 9.17) is 0 Å². The van der Waals surface area contributed by atoms with Crippen LogP contribution in [0.25, 0.3) is 0 Å². The molecule has 0 N–H and O–H groups in total. The maximum Gasteiger partial charge on any atom is 0.225 e. The summed E-state index contributed by atoms with van der Waals surface area (Å²) in [5.41, 5.74) is 0. The predicted octanol–water partition coefficient (Wildman–Crippen LogP) is 4.65. The molecule has 1 unspecified atom stereocenters. The van der Waals surface area contributed by atoms with Crippen LogP contribution in [-0.4, -0.2) is 24.9 Å². The van der Waals surface area contributed by atoms with Gasteiger partial charge in [-0.15, -0.1) is 0 Å². The highest BCUT2D eigenvalue weighted by molar-refractivity contribution is 5.78. The number of hydrogen-bond donors (Lipinski definition) is 0. The lowest BCUT2D eigenvalue weighted by molar-refractivity contribution is -0.134. The molecule has 1 saturated carbocycles. The maximum absolute atomic E-state index is 12.1. The van der Waals surface area contributed by atoms with Crippen molar-refractivity contribution in [1.82, 2.24) is 4.90 Å². The number of nitrogens with zero attached hydrogens (tertiary/aromatic N) is 1. The van der Waals surface area contributed by atoms with Crippen LogP contribution in [0, 0.1) is 17.8 Å². The first-order chi connectivity index (χ1) is 9.52. The van der Waals surface area contributed by atoms with Crippen LogP contribution in [0.15, 0.2) is 12.2 Å². The molecule has 1 rings (SSSR count). The molecule has 1 atom stereocenters. The number of carbonyl (C=O) groups excluding carboxylic acids is 1. The quantitative estimate of drug-likeness (QED) is 0.621. The molecule has 1 aliphatic carbocycles. The topological polar surface area (TPSA) is 20.3 Å². The Hall–Kier alpha value is -0.790. The van der Waals surface area contributed by atoms with E-state index in [1.54, 1.807) is 4.90 Å². The third-order valence-electron chi connectivity index (χ3n) is 4.59. The summed E-state index contributed by atoms with van der Waals surface area (Å²) in [6.07, 6.45) is 15.1. The van der Waals surface area contributed by atoms with Gasteiger partial charge in [-0.05, 0) is 31.1 Å². The first-order valence-electron chi connectivity index (χ1n) is 8.38. The normalized spacial score (nSPS) is 18.6. The fraction of sp³-hybridized carbons (Fsp3) is 0.833. The van der Waals surface area contributed by atoms with Crippen LogP contribution in [0.3, 0.4) is 0 Å². The molecule has 0 radical (unpaired) electrons. The number of carbonyl (C=O) groups is 1. The van der Waals surface area contributed by atoms with Gasteiger partial charge in [0.15, 0.2) is 0 Å². The first kappa shape index (κ1) is 17.3. The molecule has 1 amide bonds. The van der Waals surface area contributed by atoms with Crippen LogP contribution in [0.2, 0.25) is 0 Å². The minimum atomic E-state index is 0.135. The number of amides is 1. The van der Waals surface area contributed by atoms with Crippen LogP contribution in [0.5, 0.6) is 0 Å². The second-order valence-corrected chi connectivity index (χ2v) is 6.87. The third kappa shape index (κ3) is 6.11. The van der Waals surface area contributed by atoms with E-state index in [9.17, 15) is 4.79 Å². The molecular weight excluding hydrogens is 246 g/mol. The molecule has 1 fully saturated rings. The highest BCUT2D eigenvalue weighted by atomic mass is 16.2. The second kappa shape index (κ2) is 9.20. The second-order valence-electron chi connectivity index (χ2n) is 6.87. The van der Waals surface area contributed by atoms with Gasteiger partial charge < -0.3 is 4.90 Å². The molecule has 0 spiro atoms. The van der Waals surface area contributed by atoms with Gasteiger partial charge >= 0.3 is 0 Å². The zero-order valence-electron chi connectivity index (χ0n) is 13.9. The highest BCUT2D eigenvalue weighted by Crippen LogP contribution is 2.27. The number of allylic oxidation sites excluding steroid dienone is 2. The van der Waals surface area contributed by atoms with Gasteiger partial charge in [-0.1, -0.05) is 58.1 Å². The Bertz CT molecular complexity index is 301. The van der Waals surface area contributed by atoms with Crippen molar-refractivity contribution in [3.63, 3.8) is 0 Å². The summed E-state index contributed by atoms with van der Waals surface area (Å²) in [7, 11) is 3.70.